The SMILES string of the molecule is CC1CCN(S(=O)(=O)c2cccnc2)CC1. The summed E-state index contributed by atoms with van der Waals surface area (Å²) in [6.07, 6.45) is 4.88. The standard InChI is InChI=1S/C11H16N2O2S/c1-10-4-7-13(8-5-10)16(14,15)11-3-2-6-12-9-11/h2-3,6,9-10H,4-5,7-8H2,1H3. The van der Waals surface area contributed by atoms with Crippen molar-refractivity contribution in [3.63, 3.8) is 0 Å². The minimum atomic E-state index is -3.31. The smallest absolute Gasteiger partial charge is 0.244 e. The van der Waals surface area contributed by atoms with Gasteiger partial charge in [-0.2, -0.15) is 4.31 Å². The quantitative estimate of drug-likeness (QED) is 0.787. The molecule has 88 valence electrons. The van der Waals surface area contributed by atoms with Gasteiger partial charge in [0.2, 0.25) is 10.0 Å². The minimum absolute atomic E-state index is 0.296. The molecule has 2 heterocycles. The second kappa shape index (κ2) is 4.51. The van der Waals surface area contributed by atoms with E-state index in [1.807, 2.05) is 0 Å². The fourth-order valence-corrected chi connectivity index (χ4v) is 3.31. The van der Waals surface area contributed by atoms with Crippen molar-refractivity contribution in [3.05, 3.63) is 24.5 Å². The third kappa shape index (κ3) is 2.25. The molecule has 0 amide bonds. The summed E-state index contributed by atoms with van der Waals surface area (Å²) in [4.78, 5) is 4.15. The first-order valence-electron chi connectivity index (χ1n) is 5.51. The summed E-state index contributed by atoms with van der Waals surface area (Å²) in [5, 5.41) is 0. The van der Waals surface area contributed by atoms with Crippen LogP contribution in [-0.2, 0) is 10.0 Å². The van der Waals surface area contributed by atoms with E-state index in [0.717, 1.165) is 12.8 Å². The highest BCUT2D eigenvalue weighted by Crippen LogP contribution is 2.22. The Morgan fingerprint density at radius 2 is 2.06 bits per heavy atom. The molecule has 16 heavy (non-hydrogen) atoms. The van der Waals surface area contributed by atoms with Gasteiger partial charge in [0.05, 0.1) is 0 Å². The maximum absolute atomic E-state index is 12.2. The second-order valence-corrected chi connectivity index (χ2v) is 6.21. The zero-order valence-electron chi connectivity index (χ0n) is 9.33. The summed E-state index contributed by atoms with van der Waals surface area (Å²) >= 11 is 0. The van der Waals surface area contributed by atoms with Crippen molar-refractivity contribution in [2.24, 2.45) is 5.92 Å². The van der Waals surface area contributed by atoms with Gasteiger partial charge in [0.25, 0.3) is 0 Å². The van der Waals surface area contributed by atoms with Crippen LogP contribution in [0.1, 0.15) is 19.8 Å². The van der Waals surface area contributed by atoms with Crippen molar-refractivity contribution in [2.45, 2.75) is 24.7 Å². The van der Waals surface area contributed by atoms with E-state index in [0.29, 0.717) is 23.9 Å². The number of sulfonamides is 1. The van der Waals surface area contributed by atoms with Gasteiger partial charge in [-0.15, -0.1) is 0 Å². The molecule has 0 spiro atoms. The molecule has 0 bridgehead atoms. The lowest BCUT2D eigenvalue weighted by Crippen LogP contribution is -2.37. The minimum Gasteiger partial charge on any atom is -0.263 e. The third-order valence-corrected chi connectivity index (χ3v) is 4.90. The Morgan fingerprint density at radius 3 is 2.62 bits per heavy atom. The van der Waals surface area contributed by atoms with E-state index < -0.39 is 10.0 Å². The van der Waals surface area contributed by atoms with Crippen LogP contribution in [0.5, 0.6) is 0 Å². The third-order valence-electron chi connectivity index (χ3n) is 3.01. The molecule has 0 unspecified atom stereocenters. The van der Waals surface area contributed by atoms with Gasteiger partial charge in [-0.25, -0.2) is 8.42 Å². The molecule has 0 radical (unpaired) electrons. The van der Waals surface area contributed by atoms with Gasteiger partial charge >= 0.3 is 0 Å². The highest BCUT2D eigenvalue weighted by Gasteiger charge is 2.27. The van der Waals surface area contributed by atoms with Crippen molar-refractivity contribution in [1.82, 2.24) is 9.29 Å². The van der Waals surface area contributed by atoms with Crippen molar-refractivity contribution in [2.75, 3.05) is 13.1 Å². The van der Waals surface area contributed by atoms with Crippen LogP contribution < -0.4 is 0 Å². The van der Waals surface area contributed by atoms with Crippen molar-refractivity contribution < 1.29 is 8.42 Å². The van der Waals surface area contributed by atoms with E-state index in [2.05, 4.69) is 11.9 Å². The van der Waals surface area contributed by atoms with Gasteiger partial charge in [-0.3, -0.25) is 4.98 Å². The fraction of sp³-hybridized carbons (Fsp3) is 0.545. The molecule has 1 aliphatic rings. The first-order chi connectivity index (χ1) is 7.60. The molecular weight excluding hydrogens is 224 g/mol. The predicted molar refractivity (Wildman–Crippen MR) is 61.4 cm³/mol. The molecule has 4 nitrogen and oxygen atoms in total. The van der Waals surface area contributed by atoms with E-state index in [4.69, 9.17) is 0 Å². The number of piperidine rings is 1. The van der Waals surface area contributed by atoms with Gasteiger partial charge in [0, 0.05) is 25.5 Å². The normalized spacial score (nSPS) is 19.8. The monoisotopic (exact) mass is 240 g/mol. The summed E-state index contributed by atoms with van der Waals surface area (Å²) < 4.78 is 25.9. The van der Waals surface area contributed by atoms with E-state index in [-0.39, 0.29) is 0 Å². The fourth-order valence-electron chi connectivity index (χ4n) is 1.87. The Bertz CT molecular complexity index is 436. The maximum atomic E-state index is 12.2. The van der Waals surface area contributed by atoms with E-state index in [1.165, 1.54) is 6.20 Å². The molecule has 0 saturated carbocycles. The van der Waals surface area contributed by atoms with Gasteiger partial charge in [0.15, 0.2) is 0 Å². The topological polar surface area (TPSA) is 50.3 Å². The summed E-state index contributed by atoms with van der Waals surface area (Å²) in [5.41, 5.74) is 0. The van der Waals surface area contributed by atoms with E-state index in [9.17, 15) is 8.42 Å². The molecule has 2 rings (SSSR count). The summed E-state index contributed by atoms with van der Waals surface area (Å²) in [6.45, 7) is 3.41. The predicted octanol–water partition coefficient (Wildman–Crippen LogP) is 1.50. The van der Waals surface area contributed by atoms with Crippen LogP contribution in [0.4, 0.5) is 0 Å². The number of nitrogens with zero attached hydrogens (tertiary/aromatic N) is 2. The number of hydrogen-bond donors (Lipinski definition) is 0. The van der Waals surface area contributed by atoms with Gasteiger partial charge in [-0.05, 0) is 30.9 Å². The van der Waals surface area contributed by atoms with Crippen LogP contribution in [0.15, 0.2) is 29.4 Å². The first-order valence-corrected chi connectivity index (χ1v) is 6.95. The number of pyridine rings is 1. The first kappa shape index (κ1) is 11.5. The molecule has 1 saturated heterocycles. The number of hydrogen-bond acceptors (Lipinski definition) is 3. The number of aromatic nitrogens is 1. The largest absolute Gasteiger partial charge is 0.263 e. The van der Waals surface area contributed by atoms with Crippen LogP contribution in [0.2, 0.25) is 0 Å². The van der Waals surface area contributed by atoms with Crippen LogP contribution in [0, 0.1) is 5.92 Å². The summed E-state index contributed by atoms with van der Waals surface area (Å²) in [7, 11) is -3.31. The zero-order valence-corrected chi connectivity index (χ0v) is 10.2. The highest BCUT2D eigenvalue weighted by molar-refractivity contribution is 7.89. The molecule has 0 aliphatic carbocycles. The van der Waals surface area contributed by atoms with Crippen molar-refractivity contribution >= 4 is 10.0 Å². The Balaban J connectivity index is 2.20. The van der Waals surface area contributed by atoms with Crippen molar-refractivity contribution in [1.29, 1.82) is 0 Å². The van der Waals surface area contributed by atoms with Gasteiger partial charge < -0.3 is 0 Å². The highest BCUT2D eigenvalue weighted by atomic mass is 32.2. The summed E-state index contributed by atoms with van der Waals surface area (Å²) in [6, 6.07) is 3.25. The average Bonchev–Trinajstić information content (AvgIpc) is 2.31. The van der Waals surface area contributed by atoms with Crippen LogP contribution in [0.3, 0.4) is 0 Å². The Kier molecular flexibility index (Phi) is 3.25. The lowest BCUT2D eigenvalue weighted by Gasteiger charge is -2.29. The van der Waals surface area contributed by atoms with Crippen LogP contribution in [0.25, 0.3) is 0 Å². The van der Waals surface area contributed by atoms with E-state index >= 15 is 0 Å². The zero-order chi connectivity index (χ0) is 11.6. The Hall–Kier alpha value is -0.940. The Labute approximate surface area is 96.4 Å². The lowest BCUT2D eigenvalue weighted by atomic mass is 10.0. The molecule has 1 aromatic heterocycles. The molecule has 0 atom stereocenters. The molecular formula is C11H16N2O2S. The molecule has 1 fully saturated rings. The Morgan fingerprint density at radius 1 is 1.38 bits per heavy atom. The van der Waals surface area contributed by atoms with Crippen molar-refractivity contribution in [3.8, 4) is 0 Å². The molecule has 0 aromatic carbocycles. The molecule has 5 heteroatoms. The molecule has 1 aromatic rings. The summed E-state index contributed by atoms with van der Waals surface area (Å²) in [5.74, 6) is 0.625. The lowest BCUT2D eigenvalue weighted by molar-refractivity contribution is 0.288. The van der Waals surface area contributed by atoms with Gasteiger partial charge in [0.1, 0.15) is 4.90 Å². The van der Waals surface area contributed by atoms with Gasteiger partial charge in [-0.1, -0.05) is 6.92 Å². The average molecular weight is 240 g/mol. The second-order valence-electron chi connectivity index (χ2n) is 4.28. The maximum Gasteiger partial charge on any atom is 0.244 e. The van der Waals surface area contributed by atoms with E-state index in [1.54, 1.807) is 22.6 Å². The number of rotatable bonds is 2. The molecule has 0 N–H and O–H groups in total. The molecule has 1 aliphatic heterocycles. The van der Waals surface area contributed by atoms with Crippen LogP contribution in [-0.4, -0.2) is 30.8 Å². The van der Waals surface area contributed by atoms with Crippen LogP contribution >= 0.6 is 0 Å².